The van der Waals surface area contributed by atoms with Gasteiger partial charge in [0.15, 0.2) is 0 Å². The molecular weight excluding hydrogens is 348 g/mol. The zero-order valence-corrected chi connectivity index (χ0v) is 18.4. The molecule has 148 valence electrons. The third-order valence-electron chi connectivity index (χ3n) is 6.04. The smallest absolute Gasteiger partial charge is 0.0119 e. The molecule has 0 heterocycles. The van der Waals surface area contributed by atoms with Gasteiger partial charge in [0.05, 0.1) is 0 Å². The quantitative estimate of drug-likeness (QED) is 0.470. The number of benzene rings is 2. The van der Waals surface area contributed by atoms with Crippen molar-refractivity contribution in [3.05, 3.63) is 119 Å². The first-order valence-electron chi connectivity index (χ1n) is 10.3. The first-order valence-corrected chi connectivity index (χ1v) is 10.3. The van der Waals surface area contributed by atoms with Crippen molar-refractivity contribution < 1.29 is 0 Å². The molecule has 1 atom stereocenters. The minimum atomic E-state index is -0.108. The van der Waals surface area contributed by atoms with E-state index in [0.29, 0.717) is 0 Å². The molecule has 0 aliphatic heterocycles. The van der Waals surface area contributed by atoms with Crippen molar-refractivity contribution in [2.24, 2.45) is 0 Å². The lowest BCUT2D eigenvalue weighted by molar-refractivity contribution is 0.467. The van der Waals surface area contributed by atoms with Gasteiger partial charge in [0.1, 0.15) is 0 Å². The van der Waals surface area contributed by atoms with Gasteiger partial charge in [0, 0.05) is 11.3 Å². The highest BCUT2D eigenvalue weighted by Crippen LogP contribution is 2.45. The maximum absolute atomic E-state index is 4.33. The van der Waals surface area contributed by atoms with Crippen molar-refractivity contribution in [2.75, 3.05) is 0 Å². The molecule has 0 radical (unpaired) electrons. The van der Waals surface area contributed by atoms with Crippen LogP contribution in [0.4, 0.5) is 0 Å². The molecule has 1 unspecified atom stereocenters. The number of hydrogen-bond donors (Lipinski definition) is 0. The van der Waals surface area contributed by atoms with Crippen LogP contribution in [0, 0.1) is 13.8 Å². The SMILES string of the molecule is C=C/C=C(\C)c1ccc(C)cc1C(C)(C)C1/C=C\C=C/C(=C)c2cc(C)ccc21. The van der Waals surface area contributed by atoms with Crippen LogP contribution in [0.25, 0.3) is 11.1 Å². The van der Waals surface area contributed by atoms with Crippen LogP contribution in [-0.2, 0) is 5.41 Å². The summed E-state index contributed by atoms with van der Waals surface area (Å²) in [5.74, 6) is 0.233. The Balaban J connectivity index is 2.26. The number of aryl methyl sites for hydroxylation is 2. The van der Waals surface area contributed by atoms with Crippen molar-refractivity contribution in [1.29, 1.82) is 0 Å². The van der Waals surface area contributed by atoms with Gasteiger partial charge >= 0.3 is 0 Å². The molecule has 0 saturated heterocycles. The molecule has 0 amide bonds. The highest BCUT2D eigenvalue weighted by atomic mass is 14.4. The van der Waals surface area contributed by atoms with Crippen LogP contribution < -0.4 is 0 Å². The average molecular weight is 381 g/mol. The molecule has 0 fully saturated rings. The molecule has 0 spiro atoms. The van der Waals surface area contributed by atoms with E-state index in [4.69, 9.17) is 0 Å². The summed E-state index contributed by atoms with van der Waals surface area (Å²) < 4.78 is 0. The fraction of sp³-hybridized carbons (Fsp3) is 0.241. The van der Waals surface area contributed by atoms with Crippen LogP contribution >= 0.6 is 0 Å². The second kappa shape index (κ2) is 8.25. The summed E-state index contributed by atoms with van der Waals surface area (Å²) in [6, 6.07) is 13.6. The summed E-state index contributed by atoms with van der Waals surface area (Å²) in [6.07, 6.45) is 12.7. The van der Waals surface area contributed by atoms with Gasteiger partial charge in [-0.25, -0.2) is 0 Å². The fourth-order valence-electron chi connectivity index (χ4n) is 4.36. The fourth-order valence-corrected chi connectivity index (χ4v) is 4.36. The van der Waals surface area contributed by atoms with E-state index < -0.39 is 0 Å². The second-order valence-corrected chi connectivity index (χ2v) is 8.69. The molecule has 3 rings (SSSR count). The predicted octanol–water partition coefficient (Wildman–Crippen LogP) is 8.09. The van der Waals surface area contributed by atoms with Crippen molar-refractivity contribution in [3.8, 4) is 0 Å². The largest absolute Gasteiger partial charge is 0.0991 e. The summed E-state index contributed by atoms with van der Waals surface area (Å²) in [4.78, 5) is 0. The van der Waals surface area contributed by atoms with Crippen LogP contribution in [0.3, 0.4) is 0 Å². The zero-order valence-electron chi connectivity index (χ0n) is 18.4. The van der Waals surface area contributed by atoms with Gasteiger partial charge in [-0.05, 0) is 54.2 Å². The summed E-state index contributed by atoms with van der Waals surface area (Å²) in [6.45, 7) is 19.4. The number of fused-ring (bicyclic) bond motifs is 1. The Labute approximate surface area is 176 Å². The molecule has 0 saturated carbocycles. The highest BCUT2D eigenvalue weighted by molar-refractivity contribution is 5.77. The van der Waals surface area contributed by atoms with Crippen LogP contribution in [0.5, 0.6) is 0 Å². The van der Waals surface area contributed by atoms with Crippen LogP contribution in [-0.4, -0.2) is 0 Å². The van der Waals surface area contributed by atoms with Crippen LogP contribution in [0.1, 0.15) is 60.1 Å². The summed E-state index contributed by atoms with van der Waals surface area (Å²) in [5, 5.41) is 0. The summed E-state index contributed by atoms with van der Waals surface area (Å²) in [5.41, 5.74) is 9.99. The molecule has 1 aliphatic carbocycles. The Hall–Kier alpha value is -2.86. The molecule has 0 bridgehead atoms. The predicted molar refractivity (Wildman–Crippen MR) is 129 cm³/mol. The van der Waals surface area contributed by atoms with Gasteiger partial charge in [0.25, 0.3) is 0 Å². The molecule has 0 nitrogen and oxygen atoms in total. The van der Waals surface area contributed by atoms with Crippen LogP contribution in [0.15, 0.2) is 86.0 Å². The lowest BCUT2D eigenvalue weighted by atomic mass is 9.66. The Morgan fingerprint density at radius 1 is 1.00 bits per heavy atom. The van der Waals surface area contributed by atoms with E-state index in [2.05, 4.69) is 115 Å². The maximum atomic E-state index is 4.33. The lowest BCUT2D eigenvalue weighted by Crippen LogP contribution is -2.28. The van der Waals surface area contributed by atoms with Crippen molar-refractivity contribution >= 4 is 11.1 Å². The Kier molecular flexibility index (Phi) is 5.94. The second-order valence-electron chi connectivity index (χ2n) is 8.69. The van der Waals surface area contributed by atoms with Gasteiger partial charge in [-0.2, -0.15) is 0 Å². The molecule has 2 aromatic carbocycles. The van der Waals surface area contributed by atoms with Crippen molar-refractivity contribution in [2.45, 2.75) is 46.0 Å². The van der Waals surface area contributed by atoms with E-state index in [1.54, 1.807) is 0 Å². The van der Waals surface area contributed by atoms with Gasteiger partial charge in [-0.15, -0.1) is 0 Å². The number of hydrogen-bond acceptors (Lipinski definition) is 0. The molecule has 0 N–H and O–H groups in total. The molecule has 0 heteroatoms. The van der Waals surface area contributed by atoms with Gasteiger partial charge in [0.2, 0.25) is 0 Å². The third-order valence-corrected chi connectivity index (χ3v) is 6.04. The van der Waals surface area contributed by atoms with E-state index in [-0.39, 0.29) is 11.3 Å². The van der Waals surface area contributed by atoms with E-state index in [0.717, 1.165) is 5.57 Å². The third kappa shape index (κ3) is 4.12. The van der Waals surface area contributed by atoms with E-state index in [1.165, 1.54) is 39.0 Å². The van der Waals surface area contributed by atoms with Crippen molar-refractivity contribution in [3.63, 3.8) is 0 Å². The van der Waals surface area contributed by atoms with E-state index >= 15 is 0 Å². The van der Waals surface area contributed by atoms with Crippen LogP contribution in [0.2, 0.25) is 0 Å². The maximum Gasteiger partial charge on any atom is 0.0119 e. The minimum Gasteiger partial charge on any atom is -0.0991 e. The summed E-state index contributed by atoms with van der Waals surface area (Å²) in [7, 11) is 0. The standard InChI is InChI=1S/C29H32/c1-8-11-22(4)24-16-14-21(3)19-28(24)29(6,7)27-13-10-9-12-23(5)26-18-20(2)15-17-25(26)27/h8-19,27H,1,5H2,2-4,6-7H3/b12-9-,13-10-,22-11+. The first-order chi connectivity index (χ1) is 13.8. The molecule has 29 heavy (non-hydrogen) atoms. The number of rotatable bonds is 4. The Bertz CT molecular complexity index is 1040. The normalized spacial score (nSPS) is 19.1. The zero-order chi connectivity index (χ0) is 21.2. The van der Waals surface area contributed by atoms with Crippen molar-refractivity contribution in [1.82, 2.24) is 0 Å². The monoisotopic (exact) mass is 380 g/mol. The summed E-state index contributed by atoms with van der Waals surface area (Å²) >= 11 is 0. The topological polar surface area (TPSA) is 0 Å². The lowest BCUT2D eigenvalue weighted by Gasteiger charge is -2.37. The van der Waals surface area contributed by atoms with E-state index in [9.17, 15) is 0 Å². The molecule has 0 aromatic heterocycles. The van der Waals surface area contributed by atoms with Gasteiger partial charge in [-0.1, -0.05) is 111 Å². The molecule has 1 aliphatic rings. The molecule has 2 aromatic rings. The Morgan fingerprint density at radius 3 is 2.41 bits per heavy atom. The van der Waals surface area contributed by atoms with Gasteiger partial charge < -0.3 is 0 Å². The highest BCUT2D eigenvalue weighted by Gasteiger charge is 2.34. The molecular formula is C29H32. The minimum absolute atomic E-state index is 0.108. The van der Waals surface area contributed by atoms with Gasteiger partial charge in [-0.3, -0.25) is 0 Å². The first kappa shape index (κ1) is 20.9. The Morgan fingerprint density at radius 2 is 1.69 bits per heavy atom. The average Bonchev–Trinajstić information content (AvgIpc) is 2.66. The van der Waals surface area contributed by atoms with E-state index in [1.807, 2.05) is 6.08 Å². The number of allylic oxidation sites excluding steroid dienone is 8.